The summed E-state index contributed by atoms with van der Waals surface area (Å²) in [6.07, 6.45) is 7.17. The van der Waals surface area contributed by atoms with Crippen molar-refractivity contribution in [1.82, 2.24) is 4.90 Å². The molecule has 2 heterocycles. The Hall–Kier alpha value is -0.810. The molecule has 0 radical (unpaired) electrons. The summed E-state index contributed by atoms with van der Waals surface area (Å²) in [5, 5.41) is 7.74. The summed E-state index contributed by atoms with van der Waals surface area (Å²) in [6, 6.07) is 6.26. The molecule has 4 nitrogen and oxygen atoms in total. The van der Waals surface area contributed by atoms with E-state index in [1.165, 1.54) is 44.5 Å². The SMILES string of the molecule is CO.Clc1cc(CCCN2CCCC2)ccc1OC1CCOCC1. The predicted octanol–water partition coefficient (Wildman–Crippen LogP) is 3.53. The van der Waals surface area contributed by atoms with E-state index in [0.717, 1.165) is 50.4 Å². The van der Waals surface area contributed by atoms with Crippen LogP contribution in [0.5, 0.6) is 5.75 Å². The quantitative estimate of drug-likeness (QED) is 0.847. The maximum Gasteiger partial charge on any atom is 0.138 e. The van der Waals surface area contributed by atoms with Crippen molar-refractivity contribution < 1.29 is 14.6 Å². The fourth-order valence-corrected chi connectivity index (χ4v) is 3.53. The van der Waals surface area contributed by atoms with Crippen molar-refractivity contribution in [3.05, 3.63) is 28.8 Å². The lowest BCUT2D eigenvalue weighted by Crippen LogP contribution is -2.25. The van der Waals surface area contributed by atoms with Crippen molar-refractivity contribution >= 4 is 11.6 Å². The maximum atomic E-state index is 7.00. The van der Waals surface area contributed by atoms with Gasteiger partial charge in [0.25, 0.3) is 0 Å². The minimum Gasteiger partial charge on any atom is -0.489 e. The van der Waals surface area contributed by atoms with E-state index in [1.807, 2.05) is 6.07 Å². The molecule has 0 amide bonds. The molecular weight excluding hydrogens is 326 g/mol. The number of halogens is 1. The van der Waals surface area contributed by atoms with E-state index < -0.39 is 0 Å². The lowest BCUT2D eigenvalue weighted by Gasteiger charge is -2.24. The Balaban J connectivity index is 0.00000100. The molecule has 1 aromatic carbocycles. The molecule has 0 bridgehead atoms. The number of rotatable bonds is 6. The summed E-state index contributed by atoms with van der Waals surface area (Å²) in [4.78, 5) is 2.56. The van der Waals surface area contributed by atoms with Crippen molar-refractivity contribution in [2.24, 2.45) is 0 Å². The van der Waals surface area contributed by atoms with Gasteiger partial charge in [-0.15, -0.1) is 0 Å². The Morgan fingerprint density at radius 1 is 1.21 bits per heavy atom. The summed E-state index contributed by atoms with van der Waals surface area (Å²) in [7, 11) is 1.00. The topological polar surface area (TPSA) is 41.9 Å². The van der Waals surface area contributed by atoms with Crippen molar-refractivity contribution in [2.45, 2.75) is 44.6 Å². The van der Waals surface area contributed by atoms with Gasteiger partial charge < -0.3 is 19.5 Å². The number of aliphatic hydroxyl groups excluding tert-OH is 1. The highest BCUT2D eigenvalue weighted by molar-refractivity contribution is 6.32. The number of nitrogens with zero attached hydrogens (tertiary/aromatic N) is 1. The monoisotopic (exact) mass is 355 g/mol. The van der Waals surface area contributed by atoms with Crippen molar-refractivity contribution in [3.63, 3.8) is 0 Å². The normalized spacial score (nSPS) is 19.0. The molecule has 2 aliphatic rings. The second kappa shape index (κ2) is 10.9. The van der Waals surface area contributed by atoms with Gasteiger partial charge in [-0.25, -0.2) is 0 Å². The number of aliphatic hydroxyl groups is 1. The lowest BCUT2D eigenvalue weighted by atomic mass is 10.1. The second-order valence-corrected chi connectivity index (χ2v) is 6.75. The zero-order chi connectivity index (χ0) is 17.2. The van der Waals surface area contributed by atoms with Crippen LogP contribution in [0, 0.1) is 0 Å². The zero-order valence-corrected chi connectivity index (χ0v) is 15.4. The second-order valence-electron chi connectivity index (χ2n) is 6.35. The molecule has 3 rings (SSSR count). The van der Waals surface area contributed by atoms with Gasteiger partial charge in [0.05, 0.1) is 18.2 Å². The third kappa shape index (κ3) is 6.25. The lowest BCUT2D eigenvalue weighted by molar-refractivity contribution is 0.0256. The van der Waals surface area contributed by atoms with E-state index in [9.17, 15) is 0 Å². The summed E-state index contributed by atoms with van der Waals surface area (Å²) in [6.45, 7) is 5.34. The number of hydrogen-bond donors (Lipinski definition) is 1. The minimum atomic E-state index is 0.243. The summed E-state index contributed by atoms with van der Waals surface area (Å²) < 4.78 is 11.4. The summed E-state index contributed by atoms with van der Waals surface area (Å²) in [5.74, 6) is 0.817. The van der Waals surface area contributed by atoms with Gasteiger partial charge >= 0.3 is 0 Å². The molecule has 0 aliphatic carbocycles. The van der Waals surface area contributed by atoms with E-state index in [4.69, 9.17) is 26.2 Å². The van der Waals surface area contributed by atoms with Gasteiger partial charge in [0.15, 0.2) is 0 Å². The highest BCUT2D eigenvalue weighted by Gasteiger charge is 2.17. The Kier molecular flexibility index (Phi) is 8.89. The smallest absolute Gasteiger partial charge is 0.138 e. The highest BCUT2D eigenvalue weighted by Crippen LogP contribution is 2.28. The van der Waals surface area contributed by atoms with E-state index in [0.29, 0.717) is 0 Å². The van der Waals surface area contributed by atoms with E-state index in [-0.39, 0.29) is 6.10 Å². The van der Waals surface area contributed by atoms with E-state index in [2.05, 4.69) is 17.0 Å². The van der Waals surface area contributed by atoms with Crippen LogP contribution in [0.4, 0.5) is 0 Å². The molecule has 0 saturated carbocycles. The van der Waals surface area contributed by atoms with Gasteiger partial charge in [0.1, 0.15) is 11.9 Å². The molecule has 1 aromatic rings. The fraction of sp³-hybridized carbons (Fsp3) is 0.684. The molecule has 0 aromatic heterocycles. The number of benzene rings is 1. The van der Waals surface area contributed by atoms with Gasteiger partial charge in [-0.3, -0.25) is 0 Å². The first-order valence-corrected chi connectivity index (χ1v) is 9.39. The molecule has 2 saturated heterocycles. The number of hydrogen-bond acceptors (Lipinski definition) is 4. The molecule has 2 aliphatic heterocycles. The molecule has 0 unspecified atom stereocenters. The van der Waals surface area contributed by atoms with Gasteiger partial charge in [0.2, 0.25) is 0 Å². The molecule has 0 spiro atoms. The first kappa shape index (κ1) is 19.5. The zero-order valence-electron chi connectivity index (χ0n) is 14.7. The van der Waals surface area contributed by atoms with Crippen molar-refractivity contribution in [1.29, 1.82) is 0 Å². The molecule has 2 fully saturated rings. The number of aryl methyl sites for hydroxylation is 1. The molecule has 136 valence electrons. The summed E-state index contributed by atoms with van der Waals surface area (Å²) in [5.41, 5.74) is 1.31. The molecule has 0 atom stereocenters. The van der Waals surface area contributed by atoms with E-state index >= 15 is 0 Å². The highest BCUT2D eigenvalue weighted by atomic mass is 35.5. The van der Waals surface area contributed by atoms with Crippen LogP contribution in [-0.2, 0) is 11.2 Å². The first-order chi connectivity index (χ1) is 11.8. The van der Waals surface area contributed by atoms with Gasteiger partial charge in [-0.2, -0.15) is 0 Å². The van der Waals surface area contributed by atoms with Crippen LogP contribution >= 0.6 is 11.6 Å². The van der Waals surface area contributed by atoms with Crippen LogP contribution < -0.4 is 4.74 Å². The van der Waals surface area contributed by atoms with Crippen LogP contribution in [0.15, 0.2) is 18.2 Å². The maximum absolute atomic E-state index is 7.00. The van der Waals surface area contributed by atoms with Crippen molar-refractivity contribution in [2.75, 3.05) is 40.0 Å². The Bertz CT molecular complexity index is 472. The third-order valence-electron chi connectivity index (χ3n) is 4.60. The Morgan fingerprint density at radius 2 is 1.92 bits per heavy atom. The molecule has 1 N–H and O–H groups in total. The predicted molar refractivity (Wildman–Crippen MR) is 98.1 cm³/mol. The average molecular weight is 356 g/mol. The number of ether oxygens (including phenoxy) is 2. The average Bonchev–Trinajstić information content (AvgIpc) is 3.13. The van der Waals surface area contributed by atoms with Crippen LogP contribution in [0.3, 0.4) is 0 Å². The Morgan fingerprint density at radius 3 is 2.58 bits per heavy atom. The largest absolute Gasteiger partial charge is 0.489 e. The van der Waals surface area contributed by atoms with Crippen LogP contribution in [0.1, 0.15) is 37.7 Å². The van der Waals surface area contributed by atoms with Gasteiger partial charge in [-0.05, 0) is 63.0 Å². The third-order valence-corrected chi connectivity index (χ3v) is 4.89. The minimum absolute atomic E-state index is 0.243. The van der Waals surface area contributed by atoms with Crippen molar-refractivity contribution in [3.8, 4) is 5.75 Å². The number of likely N-dealkylation sites (tertiary alicyclic amines) is 1. The van der Waals surface area contributed by atoms with E-state index in [1.54, 1.807) is 0 Å². The van der Waals surface area contributed by atoms with Crippen LogP contribution in [0.25, 0.3) is 0 Å². The molecular formula is C19H30ClNO3. The molecule has 24 heavy (non-hydrogen) atoms. The van der Waals surface area contributed by atoms with Gasteiger partial charge in [-0.1, -0.05) is 17.7 Å². The Labute approximate surface area is 150 Å². The fourth-order valence-electron chi connectivity index (χ4n) is 3.28. The summed E-state index contributed by atoms with van der Waals surface area (Å²) >= 11 is 6.39. The standard InChI is InChI=1S/C18H26ClNO2.CH4O/c19-17-14-15(4-3-11-20-9-1-2-10-20)5-6-18(17)22-16-7-12-21-13-8-16;1-2/h5-6,14,16H,1-4,7-13H2;2H,1H3. The van der Waals surface area contributed by atoms with Crippen LogP contribution in [0.2, 0.25) is 5.02 Å². The van der Waals surface area contributed by atoms with Crippen LogP contribution in [-0.4, -0.2) is 56.1 Å². The first-order valence-electron chi connectivity index (χ1n) is 9.01. The van der Waals surface area contributed by atoms with Gasteiger partial charge in [0, 0.05) is 20.0 Å². The molecule has 5 heteroatoms.